The molecule has 0 aliphatic carbocycles. The van der Waals surface area contributed by atoms with Crippen LogP contribution in [0.4, 0.5) is 5.69 Å². The van der Waals surface area contributed by atoms with Gasteiger partial charge in [0.25, 0.3) is 0 Å². The van der Waals surface area contributed by atoms with Gasteiger partial charge in [0, 0.05) is 18.8 Å². The number of aliphatic carboxylic acids is 1. The Morgan fingerprint density at radius 1 is 1.35 bits per heavy atom. The fourth-order valence-electron chi connectivity index (χ4n) is 1.84. The third kappa shape index (κ3) is 4.99. The summed E-state index contributed by atoms with van der Waals surface area (Å²) in [5.41, 5.74) is 8.06. The van der Waals surface area contributed by atoms with Crippen molar-refractivity contribution in [1.82, 2.24) is 5.32 Å². The van der Waals surface area contributed by atoms with Gasteiger partial charge in [0.1, 0.15) is 6.04 Å². The molecule has 0 heterocycles. The maximum absolute atomic E-state index is 11.9. The summed E-state index contributed by atoms with van der Waals surface area (Å²) < 4.78 is 0. The lowest BCUT2D eigenvalue weighted by atomic mass is 10.1. The van der Waals surface area contributed by atoms with E-state index in [9.17, 15) is 9.59 Å². The quantitative estimate of drug-likeness (QED) is 0.586. The van der Waals surface area contributed by atoms with Crippen molar-refractivity contribution in [2.24, 2.45) is 5.73 Å². The largest absolute Gasteiger partial charge is 0.480 e. The van der Waals surface area contributed by atoms with Gasteiger partial charge in [0.15, 0.2) is 0 Å². The molecule has 0 fully saturated rings. The topological polar surface area (TPSA) is 104 Å². The lowest BCUT2D eigenvalue weighted by Gasteiger charge is -2.14. The average molecular weight is 279 g/mol. The second kappa shape index (κ2) is 7.62. The van der Waals surface area contributed by atoms with Crippen LogP contribution in [0.25, 0.3) is 0 Å². The van der Waals surface area contributed by atoms with E-state index in [-0.39, 0.29) is 12.3 Å². The van der Waals surface area contributed by atoms with Crippen molar-refractivity contribution in [3.63, 3.8) is 0 Å². The minimum absolute atomic E-state index is 0.136. The molecule has 0 bridgehead atoms. The number of aryl methyl sites for hydroxylation is 2. The second-order valence-corrected chi connectivity index (χ2v) is 4.70. The lowest BCUT2D eigenvalue weighted by Crippen LogP contribution is -2.41. The Labute approximate surface area is 118 Å². The Morgan fingerprint density at radius 2 is 2.05 bits per heavy atom. The Kier molecular flexibility index (Phi) is 6.14. The summed E-state index contributed by atoms with van der Waals surface area (Å²) in [6.45, 7) is 4.54. The average Bonchev–Trinajstić information content (AvgIpc) is 2.37. The number of hydrogen-bond donors (Lipinski definition) is 4. The van der Waals surface area contributed by atoms with Crippen molar-refractivity contribution in [2.45, 2.75) is 26.3 Å². The number of hydrogen-bond acceptors (Lipinski definition) is 4. The number of carbonyl (C=O) groups excluding carboxylic acids is 1. The highest BCUT2D eigenvalue weighted by Gasteiger charge is 2.20. The van der Waals surface area contributed by atoms with Crippen molar-refractivity contribution in [3.05, 3.63) is 29.3 Å². The van der Waals surface area contributed by atoms with Crippen molar-refractivity contribution >= 4 is 17.6 Å². The summed E-state index contributed by atoms with van der Waals surface area (Å²) >= 11 is 0. The molecule has 1 amide bonds. The zero-order valence-electron chi connectivity index (χ0n) is 11.8. The molecule has 0 aliphatic rings. The Bertz CT molecular complexity index is 489. The molecule has 5 N–H and O–H groups in total. The van der Waals surface area contributed by atoms with Crippen molar-refractivity contribution < 1.29 is 14.7 Å². The molecule has 1 aromatic rings. The Morgan fingerprint density at radius 3 is 2.60 bits per heavy atom. The third-order valence-corrected chi connectivity index (χ3v) is 2.88. The molecule has 0 aliphatic heterocycles. The molecule has 110 valence electrons. The number of benzene rings is 1. The second-order valence-electron chi connectivity index (χ2n) is 4.70. The first kappa shape index (κ1) is 16.1. The highest BCUT2D eigenvalue weighted by atomic mass is 16.4. The van der Waals surface area contributed by atoms with Crippen LogP contribution in [0, 0.1) is 13.8 Å². The van der Waals surface area contributed by atoms with Gasteiger partial charge < -0.3 is 21.5 Å². The van der Waals surface area contributed by atoms with E-state index in [2.05, 4.69) is 10.6 Å². The van der Waals surface area contributed by atoms with E-state index in [0.717, 1.165) is 11.1 Å². The SMILES string of the molecule is Cc1ccc(NC(=O)C[C@H](NCCN)C(=O)O)c(C)c1. The molecule has 1 atom stereocenters. The normalized spacial score (nSPS) is 11.9. The van der Waals surface area contributed by atoms with Crippen LogP contribution in [0.1, 0.15) is 17.5 Å². The maximum Gasteiger partial charge on any atom is 0.321 e. The van der Waals surface area contributed by atoms with Gasteiger partial charge in [-0.15, -0.1) is 0 Å². The van der Waals surface area contributed by atoms with Gasteiger partial charge in [-0.2, -0.15) is 0 Å². The number of carbonyl (C=O) groups is 2. The zero-order chi connectivity index (χ0) is 15.1. The molecule has 0 radical (unpaired) electrons. The number of nitrogens with one attached hydrogen (secondary N) is 2. The molecule has 0 unspecified atom stereocenters. The van der Waals surface area contributed by atoms with E-state index >= 15 is 0 Å². The lowest BCUT2D eigenvalue weighted by molar-refractivity contribution is -0.141. The molecule has 0 spiro atoms. The molecule has 20 heavy (non-hydrogen) atoms. The number of amides is 1. The Hall–Kier alpha value is -1.92. The molecule has 1 rings (SSSR count). The summed E-state index contributed by atoms with van der Waals surface area (Å²) in [4.78, 5) is 22.9. The predicted molar refractivity (Wildman–Crippen MR) is 77.6 cm³/mol. The summed E-state index contributed by atoms with van der Waals surface area (Å²) in [5, 5.41) is 14.5. The van der Waals surface area contributed by atoms with Gasteiger partial charge in [-0.05, 0) is 25.5 Å². The van der Waals surface area contributed by atoms with Gasteiger partial charge in [0.2, 0.25) is 5.91 Å². The number of carboxylic acids is 1. The first-order chi connectivity index (χ1) is 9.43. The van der Waals surface area contributed by atoms with Gasteiger partial charge in [-0.3, -0.25) is 9.59 Å². The monoisotopic (exact) mass is 279 g/mol. The van der Waals surface area contributed by atoms with Crippen LogP contribution in [0.5, 0.6) is 0 Å². The van der Waals surface area contributed by atoms with E-state index in [1.165, 1.54) is 0 Å². The van der Waals surface area contributed by atoms with Crippen LogP contribution in [0.2, 0.25) is 0 Å². The summed E-state index contributed by atoms with van der Waals surface area (Å²) in [5.74, 6) is -1.40. The maximum atomic E-state index is 11.9. The molecule has 0 aromatic heterocycles. The van der Waals surface area contributed by atoms with Crippen molar-refractivity contribution in [3.8, 4) is 0 Å². The fraction of sp³-hybridized carbons (Fsp3) is 0.429. The van der Waals surface area contributed by atoms with Gasteiger partial charge >= 0.3 is 5.97 Å². The summed E-state index contributed by atoms with van der Waals surface area (Å²) in [7, 11) is 0. The van der Waals surface area contributed by atoms with Crippen LogP contribution in [0.15, 0.2) is 18.2 Å². The predicted octanol–water partition coefficient (Wildman–Crippen LogP) is 0.634. The first-order valence-corrected chi connectivity index (χ1v) is 6.47. The Balaban J connectivity index is 2.63. The number of nitrogens with two attached hydrogens (primary N) is 1. The first-order valence-electron chi connectivity index (χ1n) is 6.47. The van der Waals surface area contributed by atoms with Crippen LogP contribution >= 0.6 is 0 Å². The van der Waals surface area contributed by atoms with Gasteiger partial charge in [-0.1, -0.05) is 17.7 Å². The van der Waals surface area contributed by atoms with E-state index in [1.54, 1.807) is 0 Å². The highest BCUT2D eigenvalue weighted by molar-refractivity contribution is 5.94. The molecule has 0 saturated heterocycles. The zero-order valence-corrected chi connectivity index (χ0v) is 11.8. The minimum atomic E-state index is -1.06. The van der Waals surface area contributed by atoms with Crippen LogP contribution in [-0.2, 0) is 9.59 Å². The van der Waals surface area contributed by atoms with E-state index < -0.39 is 12.0 Å². The number of carboxylic acid groups (broad SMARTS) is 1. The number of rotatable bonds is 7. The van der Waals surface area contributed by atoms with E-state index in [0.29, 0.717) is 18.8 Å². The van der Waals surface area contributed by atoms with Crippen molar-refractivity contribution in [1.29, 1.82) is 0 Å². The smallest absolute Gasteiger partial charge is 0.321 e. The van der Waals surface area contributed by atoms with Crippen LogP contribution in [0.3, 0.4) is 0 Å². The van der Waals surface area contributed by atoms with Crippen LogP contribution < -0.4 is 16.4 Å². The molecule has 0 saturated carbocycles. The molecular formula is C14H21N3O3. The van der Waals surface area contributed by atoms with Gasteiger partial charge in [-0.25, -0.2) is 0 Å². The van der Waals surface area contributed by atoms with E-state index in [4.69, 9.17) is 10.8 Å². The molecular weight excluding hydrogens is 258 g/mol. The molecule has 6 nitrogen and oxygen atoms in total. The number of anilines is 1. The van der Waals surface area contributed by atoms with E-state index in [1.807, 2.05) is 32.0 Å². The van der Waals surface area contributed by atoms with Crippen LogP contribution in [-0.4, -0.2) is 36.1 Å². The summed E-state index contributed by atoms with van der Waals surface area (Å²) in [6.07, 6.45) is -0.136. The minimum Gasteiger partial charge on any atom is -0.480 e. The standard InChI is InChI=1S/C14H21N3O3/c1-9-3-4-11(10(2)7-9)17-13(18)8-12(14(19)20)16-6-5-15/h3-4,7,12,16H,5-6,8,15H2,1-2H3,(H,17,18)(H,19,20)/t12-/m0/s1. The fourth-order valence-corrected chi connectivity index (χ4v) is 1.84. The third-order valence-electron chi connectivity index (χ3n) is 2.88. The highest BCUT2D eigenvalue weighted by Crippen LogP contribution is 2.16. The molecule has 6 heteroatoms. The van der Waals surface area contributed by atoms with Gasteiger partial charge in [0.05, 0.1) is 6.42 Å². The molecule has 1 aromatic carbocycles. The summed E-state index contributed by atoms with van der Waals surface area (Å²) in [6, 6.07) is 4.73. The van der Waals surface area contributed by atoms with Crippen molar-refractivity contribution in [2.75, 3.05) is 18.4 Å².